The van der Waals surface area contributed by atoms with E-state index in [1.54, 1.807) is 0 Å². The summed E-state index contributed by atoms with van der Waals surface area (Å²) in [5.74, 6) is 0.866. The molecule has 0 radical (unpaired) electrons. The van der Waals surface area contributed by atoms with Gasteiger partial charge in [-0.2, -0.15) is 0 Å². The third-order valence-electron chi connectivity index (χ3n) is 4.38. The molecule has 0 unspecified atom stereocenters. The number of aryl methyl sites for hydroxylation is 1. The summed E-state index contributed by atoms with van der Waals surface area (Å²) >= 11 is 0. The highest BCUT2D eigenvalue weighted by Crippen LogP contribution is 2.24. The Morgan fingerprint density at radius 3 is 2.37 bits per heavy atom. The van der Waals surface area contributed by atoms with Crippen molar-refractivity contribution >= 4 is 6.03 Å². The van der Waals surface area contributed by atoms with Crippen LogP contribution < -0.4 is 15.4 Å². The lowest BCUT2D eigenvalue weighted by Crippen LogP contribution is -2.37. The molecule has 0 aliphatic heterocycles. The minimum Gasteiger partial charge on any atom is -0.494 e. The Balaban J connectivity index is 1.56. The predicted octanol–water partition coefficient (Wildman–Crippen LogP) is 4.60. The van der Waals surface area contributed by atoms with Crippen LogP contribution in [0.4, 0.5) is 4.79 Å². The first-order chi connectivity index (χ1) is 12.8. The van der Waals surface area contributed by atoms with Gasteiger partial charge in [-0.15, -0.1) is 0 Å². The van der Waals surface area contributed by atoms with E-state index in [2.05, 4.69) is 68.7 Å². The summed E-state index contributed by atoms with van der Waals surface area (Å²) in [4.78, 5) is 11.8. The van der Waals surface area contributed by atoms with E-state index in [4.69, 9.17) is 4.74 Å². The van der Waals surface area contributed by atoms with Crippen molar-refractivity contribution in [3.8, 4) is 5.75 Å². The molecule has 0 spiro atoms. The van der Waals surface area contributed by atoms with Gasteiger partial charge in [-0.05, 0) is 48.4 Å². The predicted molar refractivity (Wildman–Crippen MR) is 112 cm³/mol. The lowest BCUT2D eigenvalue weighted by atomic mass is 9.87. The largest absolute Gasteiger partial charge is 0.494 e. The molecule has 4 nitrogen and oxygen atoms in total. The molecule has 0 aliphatic carbocycles. The highest BCUT2D eigenvalue weighted by atomic mass is 16.5. The second kappa shape index (κ2) is 10.0. The van der Waals surface area contributed by atoms with E-state index in [1.807, 2.05) is 18.2 Å². The Kier molecular flexibility index (Phi) is 7.71. The van der Waals surface area contributed by atoms with Crippen molar-refractivity contribution in [1.82, 2.24) is 10.6 Å². The molecule has 0 fully saturated rings. The van der Waals surface area contributed by atoms with Crippen LogP contribution in [0, 0.1) is 6.92 Å². The average molecular weight is 369 g/mol. The van der Waals surface area contributed by atoms with Crippen molar-refractivity contribution in [2.75, 3.05) is 19.7 Å². The fraction of sp³-hybridized carbons (Fsp3) is 0.435. The van der Waals surface area contributed by atoms with E-state index in [0.717, 1.165) is 18.6 Å². The van der Waals surface area contributed by atoms with E-state index >= 15 is 0 Å². The Labute approximate surface area is 163 Å². The molecule has 2 aromatic rings. The summed E-state index contributed by atoms with van der Waals surface area (Å²) in [6, 6.07) is 16.4. The van der Waals surface area contributed by atoms with E-state index in [0.29, 0.717) is 19.7 Å². The highest BCUT2D eigenvalue weighted by Gasteiger charge is 2.12. The lowest BCUT2D eigenvalue weighted by molar-refractivity contribution is 0.239. The second-order valence-corrected chi connectivity index (χ2v) is 7.90. The van der Waals surface area contributed by atoms with Crippen LogP contribution in [0.2, 0.25) is 0 Å². The molecular formula is C23H32N2O2. The maximum Gasteiger partial charge on any atom is 0.314 e. The molecule has 2 N–H and O–H groups in total. The Bertz CT molecular complexity index is 718. The zero-order valence-electron chi connectivity index (χ0n) is 17.0. The molecule has 2 aromatic carbocycles. The van der Waals surface area contributed by atoms with Crippen molar-refractivity contribution in [3.05, 3.63) is 65.2 Å². The minimum atomic E-state index is -0.128. The summed E-state index contributed by atoms with van der Waals surface area (Å²) < 4.78 is 5.73. The number of rotatable bonds is 8. The van der Waals surface area contributed by atoms with Gasteiger partial charge in [0.15, 0.2) is 0 Å². The maximum atomic E-state index is 11.8. The summed E-state index contributed by atoms with van der Waals surface area (Å²) in [7, 11) is 0. The number of carbonyl (C=O) groups is 1. The van der Waals surface area contributed by atoms with Gasteiger partial charge in [0.1, 0.15) is 5.75 Å². The van der Waals surface area contributed by atoms with Crippen molar-refractivity contribution in [3.63, 3.8) is 0 Å². The number of carbonyl (C=O) groups excluding carboxylic acids is 1. The first-order valence-electron chi connectivity index (χ1n) is 9.65. The lowest BCUT2D eigenvalue weighted by Gasteiger charge is -2.19. The number of nitrogens with one attached hydrogen (secondary N) is 2. The summed E-state index contributed by atoms with van der Waals surface area (Å²) in [5.41, 5.74) is 3.92. The van der Waals surface area contributed by atoms with Gasteiger partial charge in [0.2, 0.25) is 0 Å². The van der Waals surface area contributed by atoms with Crippen LogP contribution in [0.1, 0.15) is 43.9 Å². The third kappa shape index (κ3) is 7.73. The van der Waals surface area contributed by atoms with E-state index in [9.17, 15) is 4.79 Å². The van der Waals surface area contributed by atoms with Crippen LogP contribution in [-0.4, -0.2) is 25.7 Å². The second-order valence-electron chi connectivity index (χ2n) is 7.90. The number of hydrogen-bond donors (Lipinski definition) is 2. The first kappa shape index (κ1) is 20.8. The van der Waals surface area contributed by atoms with Crippen LogP contribution in [0.3, 0.4) is 0 Å². The molecule has 0 saturated heterocycles. The summed E-state index contributed by atoms with van der Waals surface area (Å²) in [6.45, 7) is 10.5. The monoisotopic (exact) mass is 368 g/mol. The maximum absolute atomic E-state index is 11.8. The smallest absolute Gasteiger partial charge is 0.314 e. The van der Waals surface area contributed by atoms with Crippen LogP contribution in [-0.2, 0) is 11.8 Å². The number of amides is 2. The fourth-order valence-corrected chi connectivity index (χ4v) is 2.77. The molecule has 0 atom stereocenters. The van der Waals surface area contributed by atoms with Gasteiger partial charge >= 0.3 is 6.03 Å². The van der Waals surface area contributed by atoms with Crippen molar-refractivity contribution < 1.29 is 9.53 Å². The van der Waals surface area contributed by atoms with Gasteiger partial charge in [0.05, 0.1) is 6.61 Å². The Morgan fingerprint density at radius 2 is 1.70 bits per heavy atom. The number of hydrogen-bond acceptors (Lipinski definition) is 2. The average Bonchev–Trinajstić information content (AvgIpc) is 2.61. The molecule has 0 bridgehead atoms. The summed E-state index contributed by atoms with van der Waals surface area (Å²) in [6.07, 6.45) is 1.61. The fourth-order valence-electron chi connectivity index (χ4n) is 2.77. The Hall–Kier alpha value is -2.49. The molecule has 27 heavy (non-hydrogen) atoms. The normalized spacial score (nSPS) is 11.1. The molecule has 0 saturated carbocycles. The number of urea groups is 1. The standard InChI is InChI=1S/C23H32N2O2/c1-18-7-5-8-19(17-18)13-15-25-22(26)24-14-6-16-27-21-11-9-20(10-12-21)23(2,3)4/h5,7-12,17H,6,13-16H2,1-4H3,(H2,24,25,26). The number of ether oxygens (including phenoxy) is 1. The molecule has 2 amide bonds. The van der Waals surface area contributed by atoms with Crippen molar-refractivity contribution in [1.29, 1.82) is 0 Å². The number of benzene rings is 2. The molecule has 4 heteroatoms. The van der Waals surface area contributed by atoms with Gasteiger partial charge in [-0.3, -0.25) is 0 Å². The Morgan fingerprint density at radius 1 is 1.00 bits per heavy atom. The third-order valence-corrected chi connectivity index (χ3v) is 4.38. The van der Waals surface area contributed by atoms with E-state index in [1.165, 1.54) is 16.7 Å². The van der Waals surface area contributed by atoms with Crippen LogP contribution in [0.15, 0.2) is 48.5 Å². The molecule has 0 aromatic heterocycles. The van der Waals surface area contributed by atoms with Gasteiger partial charge in [-0.25, -0.2) is 4.79 Å². The molecule has 2 rings (SSSR count). The highest BCUT2D eigenvalue weighted by molar-refractivity contribution is 5.73. The van der Waals surface area contributed by atoms with Crippen LogP contribution in [0.5, 0.6) is 5.75 Å². The quantitative estimate of drug-likeness (QED) is 0.669. The van der Waals surface area contributed by atoms with Gasteiger partial charge in [-0.1, -0.05) is 62.7 Å². The van der Waals surface area contributed by atoms with E-state index in [-0.39, 0.29) is 11.4 Å². The van der Waals surface area contributed by atoms with E-state index < -0.39 is 0 Å². The molecule has 146 valence electrons. The molecular weight excluding hydrogens is 336 g/mol. The van der Waals surface area contributed by atoms with Crippen molar-refractivity contribution in [2.24, 2.45) is 0 Å². The topological polar surface area (TPSA) is 50.4 Å². The minimum absolute atomic E-state index is 0.128. The van der Waals surface area contributed by atoms with Gasteiger partial charge < -0.3 is 15.4 Å². The van der Waals surface area contributed by atoms with Crippen LogP contribution in [0.25, 0.3) is 0 Å². The molecule has 0 aliphatic rings. The van der Waals surface area contributed by atoms with Crippen molar-refractivity contribution in [2.45, 2.75) is 46.0 Å². The first-order valence-corrected chi connectivity index (χ1v) is 9.65. The molecule has 0 heterocycles. The zero-order chi connectivity index (χ0) is 19.7. The summed E-state index contributed by atoms with van der Waals surface area (Å²) in [5, 5.41) is 5.75. The SMILES string of the molecule is Cc1cccc(CCNC(=O)NCCCOc2ccc(C(C)(C)C)cc2)c1. The van der Waals surface area contributed by atoms with Crippen LogP contribution >= 0.6 is 0 Å². The van der Waals surface area contributed by atoms with Gasteiger partial charge in [0, 0.05) is 13.1 Å². The van der Waals surface area contributed by atoms with Gasteiger partial charge in [0.25, 0.3) is 0 Å². The zero-order valence-corrected chi connectivity index (χ0v) is 17.0.